The van der Waals surface area contributed by atoms with Crippen LogP contribution >= 0.6 is 0 Å². The van der Waals surface area contributed by atoms with E-state index in [1.807, 2.05) is 13.1 Å². The molecule has 0 saturated heterocycles. The third-order valence-electron chi connectivity index (χ3n) is 4.95. The van der Waals surface area contributed by atoms with Crippen molar-refractivity contribution in [1.29, 1.82) is 0 Å². The molecule has 0 fully saturated rings. The molecule has 3 aromatic heterocycles. The van der Waals surface area contributed by atoms with Crippen molar-refractivity contribution in [3.05, 3.63) is 78.4 Å². The summed E-state index contributed by atoms with van der Waals surface area (Å²) in [5, 5.41) is 9.48. The second-order valence-electron chi connectivity index (χ2n) is 7.50. The lowest BCUT2D eigenvalue weighted by Crippen LogP contribution is -2.16. The maximum atomic E-state index is 14.7. The third kappa shape index (κ3) is 5.96. The molecule has 8 nitrogen and oxygen atoms in total. The highest BCUT2D eigenvalue weighted by atomic mass is 19.4. The summed E-state index contributed by atoms with van der Waals surface area (Å²) in [6, 6.07) is 5.04. The zero-order valence-corrected chi connectivity index (χ0v) is 18.3. The van der Waals surface area contributed by atoms with Crippen LogP contribution in [0.1, 0.15) is 18.1 Å². The number of aromatic nitrogens is 5. The monoisotopic (exact) mass is 485 g/mol. The Morgan fingerprint density at radius 3 is 2.43 bits per heavy atom. The van der Waals surface area contributed by atoms with Gasteiger partial charge < -0.3 is 10.6 Å². The maximum absolute atomic E-state index is 14.7. The van der Waals surface area contributed by atoms with Crippen LogP contribution in [0.5, 0.6) is 0 Å². The molecule has 0 saturated carbocycles. The fraction of sp³-hybridized carbons (Fsp3) is 0.174. The second-order valence-corrected chi connectivity index (χ2v) is 7.50. The smallest absolute Gasteiger partial charge is 0.324 e. The standard InChI is InChI=1S/C23H19F4N7O/c1-2-34-13-19(12-31-34)33-22-29-8-16(9-30-22)14-3-4-15(20(24)5-14)6-21(35)32-18-7-17(10-28-11-18)23(25,26)27/h3-5,7-13H,2,6H2,1H3,(H,32,35)(H,29,30,33). The molecule has 180 valence electrons. The molecule has 0 aliphatic heterocycles. The zero-order chi connectivity index (χ0) is 25.0. The van der Waals surface area contributed by atoms with Crippen molar-refractivity contribution in [1.82, 2.24) is 24.7 Å². The second kappa shape index (κ2) is 9.87. The average molecular weight is 485 g/mol. The van der Waals surface area contributed by atoms with Crippen LogP contribution < -0.4 is 10.6 Å². The Morgan fingerprint density at radius 2 is 1.77 bits per heavy atom. The Morgan fingerprint density at radius 1 is 1.00 bits per heavy atom. The van der Waals surface area contributed by atoms with E-state index in [0.29, 0.717) is 23.3 Å². The first-order valence-corrected chi connectivity index (χ1v) is 10.4. The van der Waals surface area contributed by atoms with Crippen molar-refractivity contribution < 1.29 is 22.4 Å². The highest BCUT2D eigenvalue weighted by molar-refractivity contribution is 5.92. The van der Waals surface area contributed by atoms with Gasteiger partial charge in [0.25, 0.3) is 0 Å². The van der Waals surface area contributed by atoms with Gasteiger partial charge in [0, 0.05) is 36.9 Å². The fourth-order valence-corrected chi connectivity index (χ4v) is 3.18. The summed E-state index contributed by atoms with van der Waals surface area (Å²) < 4.78 is 54.8. The number of hydrogen-bond donors (Lipinski definition) is 2. The molecule has 1 amide bonds. The number of hydrogen-bond acceptors (Lipinski definition) is 6. The van der Waals surface area contributed by atoms with Gasteiger partial charge in [0.1, 0.15) is 5.82 Å². The number of alkyl halides is 3. The van der Waals surface area contributed by atoms with Gasteiger partial charge in [-0.2, -0.15) is 18.3 Å². The van der Waals surface area contributed by atoms with Crippen LogP contribution in [0.3, 0.4) is 0 Å². The van der Waals surface area contributed by atoms with Crippen LogP contribution in [-0.2, 0) is 23.9 Å². The van der Waals surface area contributed by atoms with Crippen LogP contribution in [0.25, 0.3) is 11.1 Å². The van der Waals surface area contributed by atoms with E-state index >= 15 is 0 Å². The molecule has 0 aliphatic rings. The Balaban J connectivity index is 1.40. The largest absolute Gasteiger partial charge is 0.417 e. The summed E-state index contributed by atoms with van der Waals surface area (Å²) in [5.41, 5.74) is 0.747. The molecule has 0 bridgehead atoms. The average Bonchev–Trinajstić information content (AvgIpc) is 3.28. The van der Waals surface area contributed by atoms with Gasteiger partial charge in [0.05, 0.1) is 35.8 Å². The van der Waals surface area contributed by atoms with Gasteiger partial charge >= 0.3 is 6.18 Å². The molecule has 12 heteroatoms. The van der Waals surface area contributed by atoms with Crippen LogP contribution in [0.2, 0.25) is 0 Å². The molecule has 0 spiro atoms. The molecule has 35 heavy (non-hydrogen) atoms. The number of aryl methyl sites for hydroxylation is 1. The van der Waals surface area contributed by atoms with Crippen LogP contribution in [0.4, 0.5) is 34.9 Å². The molecule has 3 heterocycles. The van der Waals surface area contributed by atoms with E-state index in [0.717, 1.165) is 24.5 Å². The lowest BCUT2D eigenvalue weighted by molar-refractivity contribution is -0.137. The number of anilines is 3. The van der Waals surface area contributed by atoms with Crippen LogP contribution in [0.15, 0.2) is 61.4 Å². The maximum Gasteiger partial charge on any atom is 0.417 e. The van der Waals surface area contributed by atoms with Crippen molar-refractivity contribution in [2.45, 2.75) is 26.1 Å². The van der Waals surface area contributed by atoms with Gasteiger partial charge in [0.2, 0.25) is 11.9 Å². The topological polar surface area (TPSA) is 97.6 Å². The number of carbonyl (C=O) groups excluding carboxylic acids is 1. The number of pyridine rings is 1. The van der Waals surface area contributed by atoms with E-state index in [1.54, 1.807) is 16.9 Å². The Kier molecular flexibility index (Phi) is 6.71. The van der Waals surface area contributed by atoms with Gasteiger partial charge in [-0.05, 0) is 30.2 Å². The fourth-order valence-electron chi connectivity index (χ4n) is 3.18. The number of amides is 1. The Labute approximate surface area is 197 Å². The first-order valence-electron chi connectivity index (χ1n) is 10.4. The van der Waals surface area contributed by atoms with E-state index in [9.17, 15) is 22.4 Å². The molecular weight excluding hydrogens is 466 g/mol. The molecule has 0 radical (unpaired) electrons. The van der Waals surface area contributed by atoms with Crippen molar-refractivity contribution >= 4 is 23.2 Å². The van der Waals surface area contributed by atoms with Gasteiger partial charge in [-0.25, -0.2) is 14.4 Å². The van der Waals surface area contributed by atoms with Gasteiger partial charge in [-0.1, -0.05) is 12.1 Å². The van der Waals surface area contributed by atoms with E-state index in [4.69, 9.17) is 0 Å². The molecule has 0 aliphatic carbocycles. The lowest BCUT2D eigenvalue weighted by atomic mass is 10.0. The summed E-state index contributed by atoms with van der Waals surface area (Å²) in [6.45, 7) is 2.69. The summed E-state index contributed by atoms with van der Waals surface area (Å²) >= 11 is 0. The predicted molar refractivity (Wildman–Crippen MR) is 120 cm³/mol. The SMILES string of the molecule is CCn1cc(Nc2ncc(-c3ccc(CC(=O)Nc4cncc(C(F)(F)F)c4)c(F)c3)cn2)cn1. The number of benzene rings is 1. The third-order valence-corrected chi connectivity index (χ3v) is 4.95. The van der Waals surface area contributed by atoms with E-state index < -0.39 is 23.5 Å². The molecule has 0 unspecified atom stereocenters. The van der Waals surface area contributed by atoms with Crippen molar-refractivity contribution in [2.75, 3.05) is 10.6 Å². The summed E-state index contributed by atoms with van der Waals surface area (Å²) in [6.07, 6.45) is 3.29. The molecule has 1 aromatic carbocycles. The minimum atomic E-state index is -4.59. The molecule has 0 atom stereocenters. The quantitative estimate of drug-likeness (QED) is 0.364. The van der Waals surface area contributed by atoms with Gasteiger partial charge in [-0.3, -0.25) is 14.5 Å². The number of carbonyl (C=O) groups is 1. The van der Waals surface area contributed by atoms with Crippen LogP contribution in [-0.4, -0.2) is 30.6 Å². The summed E-state index contributed by atoms with van der Waals surface area (Å²) in [4.78, 5) is 24.2. The van der Waals surface area contributed by atoms with E-state index in [-0.39, 0.29) is 17.7 Å². The Hall–Kier alpha value is -4.35. The lowest BCUT2D eigenvalue weighted by Gasteiger charge is -2.10. The number of rotatable bonds is 7. The van der Waals surface area contributed by atoms with Crippen molar-refractivity contribution in [2.24, 2.45) is 0 Å². The first kappa shape index (κ1) is 23.8. The van der Waals surface area contributed by atoms with Crippen molar-refractivity contribution in [3.8, 4) is 11.1 Å². The minimum absolute atomic E-state index is 0.0818. The summed E-state index contributed by atoms with van der Waals surface area (Å²) in [5.74, 6) is -0.973. The molecule has 4 aromatic rings. The summed E-state index contributed by atoms with van der Waals surface area (Å²) in [7, 11) is 0. The zero-order valence-electron chi connectivity index (χ0n) is 18.3. The molecular formula is C23H19F4N7O. The van der Waals surface area contributed by atoms with Crippen LogP contribution in [0, 0.1) is 5.82 Å². The first-order chi connectivity index (χ1) is 16.7. The highest BCUT2D eigenvalue weighted by Gasteiger charge is 2.31. The van der Waals surface area contributed by atoms with Gasteiger partial charge in [-0.15, -0.1) is 0 Å². The van der Waals surface area contributed by atoms with Crippen molar-refractivity contribution in [3.63, 3.8) is 0 Å². The van der Waals surface area contributed by atoms with Gasteiger partial charge in [0.15, 0.2) is 0 Å². The number of nitrogens with zero attached hydrogens (tertiary/aromatic N) is 5. The molecule has 2 N–H and O–H groups in total. The number of nitrogens with one attached hydrogen (secondary N) is 2. The highest BCUT2D eigenvalue weighted by Crippen LogP contribution is 2.30. The normalized spacial score (nSPS) is 11.3. The predicted octanol–water partition coefficient (Wildman–Crippen LogP) is 4.84. The van der Waals surface area contributed by atoms with E-state index in [1.165, 1.54) is 24.5 Å². The minimum Gasteiger partial charge on any atom is -0.324 e. The van der Waals surface area contributed by atoms with E-state index in [2.05, 4.69) is 30.7 Å². The number of halogens is 4. The Bertz CT molecular complexity index is 1340. The molecule has 4 rings (SSSR count).